The highest BCUT2D eigenvalue weighted by Crippen LogP contribution is 2.31. The molecular weight excluding hydrogens is 192 g/mol. The average Bonchev–Trinajstić information content (AvgIpc) is 2.12. The highest BCUT2D eigenvalue weighted by Gasteiger charge is 2.30. The van der Waals surface area contributed by atoms with Crippen molar-refractivity contribution >= 4 is 11.8 Å². The number of hydrogen-bond acceptors (Lipinski definition) is 3. The molecule has 0 aromatic rings. The van der Waals surface area contributed by atoms with Gasteiger partial charge in [0.25, 0.3) is 0 Å². The van der Waals surface area contributed by atoms with Gasteiger partial charge in [-0.1, -0.05) is 6.92 Å². The van der Waals surface area contributed by atoms with Crippen molar-refractivity contribution in [1.82, 2.24) is 4.90 Å². The molecule has 0 N–H and O–H groups in total. The number of rotatable bonds is 3. The maximum Gasteiger partial charge on any atom is 0.0638 e. The molecule has 0 aliphatic carbocycles. The minimum atomic E-state index is 0.362. The van der Waals surface area contributed by atoms with Crippen molar-refractivity contribution in [3.63, 3.8) is 0 Å². The van der Waals surface area contributed by atoms with Crippen molar-refractivity contribution in [1.29, 1.82) is 5.26 Å². The summed E-state index contributed by atoms with van der Waals surface area (Å²) in [5, 5.41) is 8.75. The molecule has 0 saturated carbocycles. The minimum absolute atomic E-state index is 0.362. The number of nitrogens with zero attached hydrogens (tertiary/aromatic N) is 2. The summed E-state index contributed by atoms with van der Waals surface area (Å²) in [7, 11) is 0. The summed E-state index contributed by atoms with van der Waals surface area (Å²) in [5.41, 5.74) is 0. The van der Waals surface area contributed by atoms with Gasteiger partial charge in [-0.15, -0.1) is 0 Å². The average molecular weight is 212 g/mol. The fraction of sp³-hybridized carbons (Fsp3) is 0.909. The zero-order valence-electron chi connectivity index (χ0n) is 9.42. The van der Waals surface area contributed by atoms with E-state index in [1.165, 1.54) is 5.75 Å². The minimum Gasteiger partial charge on any atom is -0.297 e. The Balaban J connectivity index is 2.54. The van der Waals surface area contributed by atoms with Crippen LogP contribution in [-0.2, 0) is 0 Å². The van der Waals surface area contributed by atoms with Crippen LogP contribution in [-0.4, -0.2) is 34.5 Å². The van der Waals surface area contributed by atoms with Gasteiger partial charge in [0.2, 0.25) is 0 Å². The van der Waals surface area contributed by atoms with Crippen LogP contribution in [0.25, 0.3) is 0 Å². The molecule has 2 nitrogen and oxygen atoms in total. The molecule has 0 aromatic heterocycles. The van der Waals surface area contributed by atoms with Crippen molar-refractivity contribution in [3.05, 3.63) is 0 Å². The third-order valence-corrected chi connectivity index (χ3v) is 4.07. The molecule has 0 aromatic carbocycles. The van der Waals surface area contributed by atoms with Gasteiger partial charge >= 0.3 is 0 Å². The van der Waals surface area contributed by atoms with Crippen LogP contribution in [0.1, 0.15) is 33.6 Å². The van der Waals surface area contributed by atoms with Crippen molar-refractivity contribution in [3.8, 4) is 6.07 Å². The van der Waals surface area contributed by atoms with E-state index >= 15 is 0 Å². The Labute approximate surface area is 91.7 Å². The third-order valence-electron chi connectivity index (χ3n) is 2.77. The summed E-state index contributed by atoms with van der Waals surface area (Å²) < 4.78 is 0.362. The van der Waals surface area contributed by atoms with Crippen LogP contribution in [0, 0.1) is 11.3 Å². The first-order valence-electron chi connectivity index (χ1n) is 5.34. The predicted molar refractivity (Wildman–Crippen MR) is 62.4 cm³/mol. The standard InChI is InChI=1S/C11H20N2S/c1-4-10(5-6-12)13-7-8-14-11(2,3)9-13/h10H,4-5,7-9H2,1-3H3. The lowest BCUT2D eigenvalue weighted by Gasteiger charge is -2.41. The van der Waals surface area contributed by atoms with E-state index in [4.69, 9.17) is 5.26 Å². The summed E-state index contributed by atoms with van der Waals surface area (Å²) in [6.07, 6.45) is 1.77. The van der Waals surface area contributed by atoms with Crippen LogP contribution >= 0.6 is 11.8 Å². The Bertz CT molecular complexity index is 220. The molecule has 1 rings (SSSR count). The number of nitriles is 1. The molecule has 1 atom stereocenters. The van der Waals surface area contributed by atoms with E-state index in [1.54, 1.807) is 0 Å². The van der Waals surface area contributed by atoms with E-state index in [0.29, 0.717) is 17.2 Å². The van der Waals surface area contributed by atoms with Gasteiger partial charge in [-0.05, 0) is 20.3 Å². The van der Waals surface area contributed by atoms with Crippen molar-refractivity contribution in [2.75, 3.05) is 18.8 Å². The van der Waals surface area contributed by atoms with Crippen molar-refractivity contribution in [2.45, 2.75) is 44.4 Å². The molecule has 0 spiro atoms. The van der Waals surface area contributed by atoms with Gasteiger partial charge in [-0.3, -0.25) is 4.90 Å². The van der Waals surface area contributed by atoms with Crippen LogP contribution in [0.3, 0.4) is 0 Å². The molecule has 1 saturated heterocycles. The lowest BCUT2D eigenvalue weighted by molar-refractivity contribution is 0.184. The topological polar surface area (TPSA) is 27.0 Å². The second-order valence-corrected chi connectivity index (χ2v) is 6.31. The van der Waals surface area contributed by atoms with E-state index in [-0.39, 0.29) is 0 Å². The quantitative estimate of drug-likeness (QED) is 0.719. The van der Waals surface area contributed by atoms with Crippen LogP contribution in [0.15, 0.2) is 0 Å². The Kier molecular flexibility index (Phi) is 4.28. The van der Waals surface area contributed by atoms with Gasteiger partial charge in [0.15, 0.2) is 0 Å². The zero-order valence-corrected chi connectivity index (χ0v) is 10.2. The molecular formula is C11H20N2S. The molecule has 0 amide bonds. The third kappa shape index (κ3) is 3.18. The normalized spacial score (nSPS) is 24.1. The Morgan fingerprint density at radius 1 is 1.57 bits per heavy atom. The molecule has 1 aliphatic heterocycles. The lowest BCUT2D eigenvalue weighted by Crippen LogP contribution is -2.47. The molecule has 3 heteroatoms. The molecule has 1 fully saturated rings. The highest BCUT2D eigenvalue weighted by molar-refractivity contribution is 8.00. The maximum absolute atomic E-state index is 8.75. The van der Waals surface area contributed by atoms with E-state index < -0.39 is 0 Å². The molecule has 14 heavy (non-hydrogen) atoms. The van der Waals surface area contributed by atoms with Gasteiger partial charge in [-0.2, -0.15) is 17.0 Å². The first-order valence-corrected chi connectivity index (χ1v) is 6.32. The van der Waals surface area contributed by atoms with Gasteiger partial charge in [0, 0.05) is 29.6 Å². The monoisotopic (exact) mass is 212 g/mol. The Hall–Kier alpha value is -0.200. The summed E-state index contributed by atoms with van der Waals surface area (Å²) in [4.78, 5) is 2.49. The van der Waals surface area contributed by atoms with E-state index in [1.807, 2.05) is 11.8 Å². The second kappa shape index (κ2) is 5.04. The Morgan fingerprint density at radius 3 is 2.79 bits per heavy atom. The number of thioether (sulfide) groups is 1. The zero-order chi connectivity index (χ0) is 10.6. The Morgan fingerprint density at radius 2 is 2.29 bits per heavy atom. The van der Waals surface area contributed by atoms with Gasteiger partial charge in [0.1, 0.15) is 0 Å². The fourth-order valence-corrected chi connectivity index (χ4v) is 3.14. The summed E-state index contributed by atoms with van der Waals surface area (Å²) in [5.74, 6) is 1.20. The van der Waals surface area contributed by atoms with Crippen molar-refractivity contribution in [2.24, 2.45) is 0 Å². The summed E-state index contributed by atoms with van der Waals surface area (Å²) >= 11 is 2.05. The maximum atomic E-state index is 8.75. The van der Waals surface area contributed by atoms with Crippen molar-refractivity contribution < 1.29 is 0 Å². The van der Waals surface area contributed by atoms with Crippen LogP contribution in [0.4, 0.5) is 0 Å². The highest BCUT2D eigenvalue weighted by atomic mass is 32.2. The van der Waals surface area contributed by atoms with Gasteiger partial charge in [0.05, 0.1) is 12.5 Å². The smallest absolute Gasteiger partial charge is 0.0638 e. The second-order valence-electron chi connectivity index (χ2n) is 4.50. The molecule has 0 bridgehead atoms. The fourth-order valence-electron chi connectivity index (χ4n) is 2.00. The SMILES string of the molecule is CCC(CC#N)N1CCSC(C)(C)C1. The number of hydrogen-bond donors (Lipinski definition) is 0. The molecule has 1 heterocycles. The van der Waals surface area contributed by atoms with Gasteiger partial charge in [-0.25, -0.2) is 0 Å². The first kappa shape index (κ1) is 11.9. The van der Waals surface area contributed by atoms with Gasteiger partial charge < -0.3 is 0 Å². The molecule has 1 aliphatic rings. The molecule has 80 valence electrons. The van der Waals surface area contributed by atoms with Crippen LogP contribution in [0.2, 0.25) is 0 Å². The molecule has 0 radical (unpaired) electrons. The first-order chi connectivity index (χ1) is 6.59. The largest absolute Gasteiger partial charge is 0.297 e. The van der Waals surface area contributed by atoms with Crippen LogP contribution in [0.5, 0.6) is 0 Å². The predicted octanol–water partition coefficient (Wildman–Crippen LogP) is 2.51. The molecule has 1 unspecified atom stereocenters. The van der Waals surface area contributed by atoms with E-state index in [0.717, 1.165) is 19.5 Å². The van der Waals surface area contributed by atoms with Crippen LogP contribution < -0.4 is 0 Å². The van der Waals surface area contributed by atoms with E-state index in [2.05, 4.69) is 31.7 Å². The lowest BCUT2D eigenvalue weighted by atomic mass is 10.1. The summed E-state index contributed by atoms with van der Waals surface area (Å²) in [6.45, 7) is 9.04. The summed E-state index contributed by atoms with van der Waals surface area (Å²) in [6, 6.07) is 2.77. The van der Waals surface area contributed by atoms with E-state index in [9.17, 15) is 0 Å².